The van der Waals surface area contributed by atoms with Crippen LogP contribution < -0.4 is 14.2 Å². The molecule has 0 atom stereocenters. The van der Waals surface area contributed by atoms with Gasteiger partial charge in [0.05, 0.1) is 29.4 Å². The van der Waals surface area contributed by atoms with Crippen molar-refractivity contribution in [2.45, 2.75) is 32.6 Å². The summed E-state index contributed by atoms with van der Waals surface area (Å²) in [5.74, 6) is -1.48. The summed E-state index contributed by atoms with van der Waals surface area (Å²) in [6.45, 7) is 6.05. The minimum atomic E-state index is -0.647. The number of carbonyl (C=O) groups excluding carboxylic acids is 5. The number of Topliss-reactive ketones (excluding diaryl/α,β-unsaturated/α-hetero) is 1. The van der Waals surface area contributed by atoms with E-state index in [1.54, 1.807) is 97.1 Å². The summed E-state index contributed by atoms with van der Waals surface area (Å²) in [6.07, 6.45) is 0.218. The first-order valence-corrected chi connectivity index (χ1v) is 17.7. The molecule has 0 aliphatic heterocycles. The van der Waals surface area contributed by atoms with E-state index >= 15 is 0 Å². The Morgan fingerprint density at radius 1 is 0.464 bits per heavy atom. The normalized spacial score (nSPS) is 10.9. The first-order valence-electron chi connectivity index (χ1n) is 17.7. The number of rotatable bonds is 12. The molecule has 6 aromatic carbocycles. The highest BCUT2D eigenvalue weighted by molar-refractivity contribution is 5.98. The Labute approximate surface area is 324 Å². The predicted molar refractivity (Wildman–Crippen MR) is 210 cm³/mol. The molecule has 0 aliphatic rings. The third-order valence-corrected chi connectivity index (χ3v) is 9.30. The molecule has 0 radical (unpaired) electrons. The number of methoxy groups -OCH3 is 1. The molecule has 0 bridgehead atoms. The number of ether oxygens (including phenoxy) is 4. The maximum atomic E-state index is 13.1. The Bertz CT molecular complexity index is 2390. The van der Waals surface area contributed by atoms with Crippen LogP contribution in [0.25, 0.3) is 0 Å². The van der Waals surface area contributed by atoms with Crippen molar-refractivity contribution in [1.29, 1.82) is 0 Å². The second kappa shape index (κ2) is 16.9. The van der Waals surface area contributed by atoms with Crippen LogP contribution in [-0.4, -0.2) is 36.8 Å². The summed E-state index contributed by atoms with van der Waals surface area (Å²) in [5, 5.41) is 0. The van der Waals surface area contributed by atoms with Crippen molar-refractivity contribution in [2.24, 2.45) is 0 Å². The molecule has 6 aromatic rings. The van der Waals surface area contributed by atoms with Crippen LogP contribution in [-0.2, 0) is 16.6 Å². The van der Waals surface area contributed by atoms with Gasteiger partial charge in [-0.2, -0.15) is 0 Å². The summed E-state index contributed by atoms with van der Waals surface area (Å²) < 4.78 is 21.4. The molecule has 280 valence electrons. The fraction of sp³-hybridized carbons (Fsp3) is 0.128. The van der Waals surface area contributed by atoms with Crippen LogP contribution in [0.4, 0.5) is 0 Å². The summed E-state index contributed by atoms with van der Waals surface area (Å²) in [5.41, 5.74) is 4.73. The minimum Gasteiger partial charge on any atom is -0.465 e. The average Bonchev–Trinajstić information content (AvgIpc) is 3.22. The zero-order valence-electron chi connectivity index (χ0n) is 31.2. The van der Waals surface area contributed by atoms with E-state index in [4.69, 9.17) is 18.9 Å². The fourth-order valence-electron chi connectivity index (χ4n) is 5.91. The van der Waals surface area contributed by atoms with E-state index in [0.717, 1.165) is 22.3 Å². The highest BCUT2D eigenvalue weighted by Gasteiger charge is 2.24. The lowest BCUT2D eigenvalue weighted by Crippen LogP contribution is -2.19. The second-order valence-corrected chi connectivity index (χ2v) is 13.6. The van der Waals surface area contributed by atoms with Crippen molar-refractivity contribution in [2.75, 3.05) is 7.11 Å². The molecule has 0 aliphatic carbocycles. The lowest BCUT2D eigenvalue weighted by molar-refractivity contribution is 0.0599. The number of esters is 4. The van der Waals surface area contributed by atoms with E-state index in [9.17, 15) is 24.0 Å². The maximum absolute atomic E-state index is 13.1. The van der Waals surface area contributed by atoms with Gasteiger partial charge in [0.1, 0.15) is 17.2 Å². The zero-order valence-corrected chi connectivity index (χ0v) is 31.2. The van der Waals surface area contributed by atoms with Crippen LogP contribution >= 0.6 is 0 Å². The molecule has 9 heteroatoms. The van der Waals surface area contributed by atoms with E-state index in [2.05, 4.69) is 0 Å². The van der Waals surface area contributed by atoms with Crippen molar-refractivity contribution in [3.05, 3.63) is 196 Å². The quantitative estimate of drug-likeness (QED) is 0.0685. The topological polar surface area (TPSA) is 122 Å². The molecule has 0 saturated carbocycles. The standard InChI is InChI=1S/C47H38O9/c1-30-11-15-32(16-12-30)42(48)27-31-13-21-39(22-14-31)54-45(51)35-9-6-10-36(29-35)46(52)56-41-25-19-38(20-26-41)47(2,3)37-17-23-40(24-18-37)55-44(50)34-8-5-7-33(28-34)43(49)53-4/h5-26,28-29H,27H2,1-4H3. The predicted octanol–water partition coefficient (Wildman–Crippen LogP) is 9.19. The van der Waals surface area contributed by atoms with Crippen molar-refractivity contribution in [3.8, 4) is 17.2 Å². The molecule has 0 unspecified atom stereocenters. The first kappa shape index (κ1) is 38.6. The maximum Gasteiger partial charge on any atom is 0.343 e. The van der Waals surface area contributed by atoms with Gasteiger partial charge in [0.25, 0.3) is 0 Å². The van der Waals surface area contributed by atoms with Gasteiger partial charge in [0.15, 0.2) is 5.78 Å². The Morgan fingerprint density at radius 2 is 0.839 bits per heavy atom. The van der Waals surface area contributed by atoms with Crippen LogP contribution in [0, 0.1) is 6.92 Å². The van der Waals surface area contributed by atoms with Crippen LogP contribution in [0.3, 0.4) is 0 Å². The first-order chi connectivity index (χ1) is 26.9. The number of hydrogen-bond acceptors (Lipinski definition) is 9. The average molecular weight is 747 g/mol. The van der Waals surface area contributed by atoms with Gasteiger partial charge in [-0.1, -0.05) is 92.2 Å². The molecule has 9 nitrogen and oxygen atoms in total. The van der Waals surface area contributed by atoms with Crippen molar-refractivity contribution in [3.63, 3.8) is 0 Å². The van der Waals surface area contributed by atoms with Crippen molar-refractivity contribution in [1.82, 2.24) is 0 Å². The van der Waals surface area contributed by atoms with Gasteiger partial charge in [0, 0.05) is 17.4 Å². The molecule has 0 fully saturated rings. The zero-order chi connectivity index (χ0) is 39.8. The highest BCUT2D eigenvalue weighted by Crippen LogP contribution is 2.34. The molecule has 0 heterocycles. The Morgan fingerprint density at radius 3 is 1.23 bits per heavy atom. The fourth-order valence-corrected chi connectivity index (χ4v) is 5.91. The minimum absolute atomic E-state index is 0.00780. The third kappa shape index (κ3) is 9.32. The van der Waals surface area contributed by atoms with E-state index in [-0.39, 0.29) is 34.5 Å². The number of benzene rings is 6. The Balaban J connectivity index is 1.03. The number of aryl methyl sites for hydroxylation is 1. The van der Waals surface area contributed by atoms with Gasteiger partial charge in [-0.05, 0) is 96.4 Å². The lowest BCUT2D eigenvalue weighted by Gasteiger charge is -2.26. The molecule has 0 amide bonds. The summed E-state index contributed by atoms with van der Waals surface area (Å²) in [7, 11) is 1.27. The van der Waals surface area contributed by atoms with Gasteiger partial charge in [-0.3, -0.25) is 4.79 Å². The van der Waals surface area contributed by atoms with Gasteiger partial charge < -0.3 is 18.9 Å². The van der Waals surface area contributed by atoms with Crippen molar-refractivity contribution < 1.29 is 42.9 Å². The smallest absolute Gasteiger partial charge is 0.343 e. The summed E-state index contributed by atoms with van der Waals surface area (Å²) in [6, 6.07) is 40.6. The van der Waals surface area contributed by atoms with Crippen LogP contribution in [0.2, 0.25) is 0 Å². The Hall–Kier alpha value is -7.13. The summed E-state index contributed by atoms with van der Waals surface area (Å²) in [4.78, 5) is 63.3. The molecular formula is C47H38O9. The number of carbonyl (C=O) groups is 5. The lowest BCUT2D eigenvalue weighted by atomic mass is 9.78. The molecule has 0 aromatic heterocycles. The molecule has 0 spiro atoms. The Kier molecular flexibility index (Phi) is 11.6. The molecule has 0 N–H and O–H groups in total. The largest absolute Gasteiger partial charge is 0.465 e. The summed E-state index contributed by atoms with van der Waals surface area (Å²) >= 11 is 0. The van der Waals surface area contributed by atoms with Crippen molar-refractivity contribution >= 4 is 29.7 Å². The number of hydrogen-bond donors (Lipinski definition) is 0. The van der Waals surface area contributed by atoms with E-state index in [1.807, 2.05) is 57.2 Å². The highest BCUT2D eigenvalue weighted by atomic mass is 16.5. The van der Waals surface area contributed by atoms with E-state index in [1.165, 1.54) is 19.2 Å². The molecule has 56 heavy (non-hydrogen) atoms. The van der Waals surface area contributed by atoms with Crippen LogP contribution in [0.1, 0.15) is 87.9 Å². The third-order valence-electron chi connectivity index (χ3n) is 9.30. The van der Waals surface area contributed by atoms with Gasteiger partial charge in [0.2, 0.25) is 0 Å². The second-order valence-electron chi connectivity index (χ2n) is 13.6. The number of ketones is 1. The van der Waals surface area contributed by atoms with E-state index < -0.39 is 29.3 Å². The molecular weight excluding hydrogens is 709 g/mol. The molecule has 0 saturated heterocycles. The van der Waals surface area contributed by atoms with E-state index in [0.29, 0.717) is 22.8 Å². The van der Waals surface area contributed by atoms with Gasteiger partial charge in [-0.25, -0.2) is 19.2 Å². The van der Waals surface area contributed by atoms with Crippen LogP contribution in [0.5, 0.6) is 17.2 Å². The molecule has 6 rings (SSSR count). The van der Waals surface area contributed by atoms with Crippen LogP contribution in [0.15, 0.2) is 146 Å². The van der Waals surface area contributed by atoms with Gasteiger partial charge >= 0.3 is 23.9 Å². The monoisotopic (exact) mass is 746 g/mol. The SMILES string of the molecule is COC(=O)c1cccc(C(=O)Oc2ccc(C(C)(C)c3ccc(OC(=O)c4cccc(C(=O)Oc5ccc(CC(=O)c6ccc(C)cc6)cc5)c4)cc3)cc2)c1. The van der Waals surface area contributed by atoms with Gasteiger partial charge in [-0.15, -0.1) is 0 Å².